The quantitative estimate of drug-likeness (QED) is 0.873. The van der Waals surface area contributed by atoms with E-state index in [2.05, 4.69) is 30.4 Å². The number of aliphatic hydroxyl groups is 1. The fourth-order valence-corrected chi connectivity index (χ4v) is 1.97. The first kappa shape index (κ1) is 14.1. The molecule has 0 radical (unpaired) electrons. The minimum absolute atomic E-state index is 0.442. The third kappa shape index (κ3) is 3.59. The predicted molar refractivity (Wildman–Crippen MR) is 80.4 cm³/mol. The van der Waals surface area contributed by atoms with Crippen LogP contribution in [0.25, 0.3) is 0 Å². The predicted octanol–water partition coefficient (Wildman–Crippen LogP) is 3.27. The summed E-state index contributed by atoms with van der Waals surface area (Å²) in [4.78, 5) is 0. The van der Waals surface area contributed by atoms with Gasteiger partial charge in [-0.3, -0.25) is 0 Å². The van der Waals surface area contributed by atoms with E-state index in [0.717, 1.165) is 17.7 Å². The smallest absolute Gasteiger partial charge is 0.0991 e. The Hall–Kier alpha value is -2.31. The van der Waals surface area contributed by atoms with Crippen LogP contribution in [-0.4, -0.2) is 11.7 Å². The molecule has 0 fully saturated rings. The van der Waals surface area contributed by atoms with Crippen LogP contribution in [0.2, 0.25) is 0 Å². The first-order valence-corrected chi connectivity index (χ1v) is 6.74. The Balaban J connectivity index is 1.93. The summed E-state index contributed by atoms with van der Waals surface area (Å²) in [5.41, 5.74) is 3.70. The van der Waals surface area contributed by atoms with Crippen molar-refractivity contribution in [3.8, 4) is 6.07 Å². The number of hydrogen-bond acceptors (Lipinski definition) is 3. The molecule has 0 saturated carbocycles. The lowest BCUT2D eigenvalue weighted by Gasteiger charge is -2.13. The Morgan fingerprint density at radius 2 is 1.75 bits per heavy atom. The number of aliphatic hydroxyl groups excluding tert-OH is 1. The summed E-state index contributed by atoms with van der Waals surface area (Å²) in [6.45, 7) is 2.56. The molecule has 1 unspecified atom stereocenters. The zero-order valence-electron chi connectivity index (χ0n) is 11.5. The molecule has 20 heavy (non-hydrogen) atoms. The van der Waals surface area contributed by atoms with Gasteiger partial charge >= 0.3 is 0 Å². The van der Waals surface area contributed by atoms with Crippen LogP contribution in [0.1, 0.15) is 29.7 Å². The molecule has 2 rings (SSSR count). The molecule has 2 N–H and O–H groups in total. The van der Waals surface area contributed by atoms with E-state index in [-0.39, 0.29) is 0 Å². The van der Waals surface area contributed by atoms with E-state index in [1.807, 2.05) is 12.1 Å². The second-order valence-corrected chi connectivity index (χ2v) is 4.68. The average Bonchev–Trinajstić information content (AvgIpc) is 2.53. The van der Waals surface area contributed by atoms with Crippen LogP contribution < -0.4 is 5.32 Å². The normalized spacial score (nSPS) is 11.7. The third-order valence-corrected chi connectivity index (χ3v) is 3.29. The third-order valence-electron chi connectivity index (χ3n) is 3.29. The number of rotatable bonds is 5. The van der Waals surface area contributed by atoms with Crippen molar-refractivity contribution in [1.29, 1.82) is 5.26 Å². The van der Waals surface area contributed by atoms with Crippen molar-refractivity contribution in [2.75, 3.05) is 11.9 Å². The SMILES string of the molecule is CCc1ccc(NCC(O)c2ccc(C#N)cc2)cc1. The summed E-state index contributed by atoms with van der Waals surface area (Å²) < 4.78 is 0. The van der Waals surface area contributed by atoms with Crippen LogP contribution in [0, 0.1) is 11.3 Å². The van der Waals surface area contributed by atoms with E-state index >= 15 is 0 Å². The van der Waals surface area contributed by atoms with E-state index < -0.39 is 6.10 Å². The van der Waals surface area contributed by atoms with Crippen molar-refractivity contribution in [2.24, 2.45) is 0 Å². The molecule has 3 nitrogen and oxygen atoms in total. The number of nitriles is 1. The summed E-state index contributed by atoms with van der Waals surface area (Å²) in [5.74, 6) is 0. The van der Waals surface area contributed by atoms with E-state index in [0.29, 0.717) is 12.1 Å². The maximum atomic E-state index is 10.1. The van der Waals surface area contributed by atoms with E-state index in [1.165, 1.54) is 5.56 Å². The van der Waals surface area contributed by atoms with Crippen molar-refractivity contribution in [1.82, 2.24) is 0 Å². The minimum atomic E-state index is -0.589. The molecule has 0 aliphatic rings. The average molecular weight is 266 g/mol. The Morgan fingerprint density at radius 3 is 2.30 bits per heavy atom. The Bertz CT molecular complexity index is 582. The van der Waals surface area contributed by atoms with E-state index in [4.69, 9.17) is 5.26 Å². The van der Waals surface area contributed by atoms with Crippen LogP contribution in [0.4, 0.5) is 5.69 Å². The molecule has 0 bridgehead atoms. The van der Waals surface area contributed by atoms with E-state index in [1.54, 1.807) is 24.3 Å². The second kappa shape index (κ2) is 6.74. The van der Waals surface area contributed by atoms with Crippen LogP contribution in [0.5, 0.6) is 0 Å². The van der Waals surface area contributed by atoms with Crippen LogP contribution >= 0.6 is 0 Å². The van der Waals surface area contributed by atoms with Crippen molar-refractivity contribution in [3.05, 3.63) is 65.2 Å². The molecule has 102 valence electrons. The van der Waals surface area contributed by atoms with Gasteiger partial charge in [-0.25, -0.2) is 0 Å². The summed E-state index contributed by atoms with van der Waals surface area (Å²) in [7, 11) is 0. The standard InChI is InChI=1S/C17H18N2O/c1-2-13-5-9-16(10-6-13)19-12-17(20)15-7-3-14(11-18)4-8-15/h3-10,17,19-20H,2,12H2,1H3. The number of nitrogens with one attached hydrogen (secondary N) is 1. The van der Waals surface area contributed by atoms with Crippen LogP contribution in [0.3, 0.4) is 0 Å². The van der Waals surface area contributed by atoms with Gasteiger partial charge in [-0.15, -0.1) is 0 Å². The van der Waals surface area contributed by atoms with Gasteiger partial charge in [0.15, 0.2) is 0 Å². The van der Waals surface area contributed by atoms with Gasteiger partial charge in [0.05, 0.1) is 17.7 Å². The highest BCUT2D eigenvalue weighted by Gasteiger charge is 2.07. The van der Waals surface area contributed by atoms with Crippen molar-refractivity contribution < 1.29 is 5.11 Å². The largest absolute Gasteiger partial charge is 0.387 e. The number of nitrogens with zero attached hydrogens (tertiary/aromatic N) is 1. The highest BCUT2D eigenvalue weighted by atomic mass is 16.3. The lowest BCUT2D eigenvalue weighted by atomic mass is 10.1. The molecule has 0 aliphatic carbocycles. The topological polar surface area (TPSA) is 56.0 Å². The van der Waals surface area contributed by atoms with Gasteiger partial charge in [0, 0.05) is 12.2 Å². The zero-order chi connectivity index (χ0) is 14.4. The van der Waals surface area contributed by atoms with Gasteiger partial charge in [-0.2, -0.15) is 5.26 Å². The fraction of sp³-hybridized carbons (Fsp3) is 0.235. The first-order chi connectivity index (χ1) is 9.72. The summed E-state index contributed by atoms with van der Waals surface area (Å²) in [6, 6.07) is 17.3. The van der Waals surface area contributed by atoms with Gasteiger partial charge in [-0.1, -0.05) is 31.2 Å². The molecular formula is C17H18N2O. The van der Waals surface area contributed by atoms with E-state index in [9.17, 15) is 5.11 Å². The van der Waals surface area contributed by atoms with Crippen molar-refractivity contribution >= 4 is 5.69 Å². The van der Waals surface area contributed by atoms with Crippen molar-refractivity contribution in [2.45, 2.75) is 19.4 Å². The summed E-state index contributed by atoms with van der Waals surface area (Å²) >= 11 is 0. The molecule has 0 aromatic heterocycles. The van der Waals surface area contributed by atoms with Crippen molar-refractivity contribution in [3.63, 3.8) is 0 Å². The van der Waals surface area contributed by atoms with Gasteiger partial charge in [0.25, 0.3) is 0 Å². The Labute approximate surface area is 119 Å². The Morgan fingerprint density at radius 1 is 1.10 bits per heavy atom. The molecule has 0 amide bonds. The number of benzene rings is 2. The number of aryl methyl sites for hydroxylation is 1. The summed E-state index contributed by atoms with van der Waals surface area (Å²) in [5, 5.41) is 22.0. The molecule has 2 aromatic rings. The number of hydrogen-bond donors (Lipinski definition) is 2. The lowest BCUT2D eigenvalue weighted by molar-refractivity contribution is 0.191. The minimum Gasteiger partial charge on any atom is -0.387 e. The molecule has 0 aliphatic heterocycles. The second-order valence-electron chi connectivity index (χ2n) is 4.68. The van der Waals surface area contributed by atoms with Gasteiger partial charge in [-0.05, 0) is 41.8 Å². The molecular weight excluding hydrogens is 248 g/mol. The molecule has 1 atom stereocenters. The molecule has 2 aromatic carbocycles. The molecule has 3 heteroatoms. The Kier molecular flexibility index (Phi) is 4.75. The fourth-order valence-electron chi connectivity index (χ4n) is 1.97. The molecule has 0 spiro atoms. The maximum Gasteiger partial charge on any atom is 0.0991 e. The van der Waals surface area contributed by atoms with Crippen LogP contribution in [-0.2, 0) is 6.42 Å². The number of anilines is 1. The monoisotopic (exact) mass is 266 g/mol. The van der Waals surface area contributed by atoms with Gasteiger partial charge in [0.1, 0.15) is 0 Å². The van der Waals surface area contributed by atoms with Gasteiger partial charge < -0.3 is 10.4 Å². The zero-order valence-corrected chi connectivity index (χ0v) is 11.5. The highest BCUT2D eigenvalue weighted by molar-refractivity contribution is 5.45. The molecule has 0 heterocycles. The van der Waals surface area contributed by atoms with Crippen LogP contribution in [0.15, 0.2) is 48.5 Å². The lowest BCUT2D eigenvalue weighted by Crippen LogP contribution is -2.12. The van der Waals surface area contributed by atoms with Gasteiger partial charge in [0.2, 0.25) is 0 Å². The molecule has 0 saturated heterocycles. The highest BCUT2D eigenvalue weighted by Crippen LogP contribution is 2.16. The maximum absolute atomic E-state index is 10.1. The summed E-state index contributed by atoms with van der Waals surface area (Å²) in [6.07, 6.45) is 0.433. The first-order valence-electron chi connectivity index (χ1n) is 6.74.